The number of aryl methyl sites for hydroxylation is 1. The van der Waals surface area contributed by atoms with Crippen LogP contribution in [0.1, 0.15) is 48.4 Å². The van der Waals surface area contributed by atoms with Gasteiger partial charge in [0.25, 0.3) is 5.91 Å². The fraction of sp³-hybridized carbons (Fsp3) is 0.333. The second kappa shape index (κ2) is 7.13. The monoisotopic (exact) mass is 315 g/mol. The molecule has 0 radical (unpaired) electrons. The van der Waals surface area contributed by atoms with Crippen molar-refractivity contribution in [3.63, 3.8) is 0 Å². The molecule has 1 aromatic heterocycles. The van der Waals surface area contributed by atoms with Gasteiger partial charge in [-0.1, -0.05) is 32.0 Å². The molecule has 1 atom stereocenters. The highest BCUT2D eigenvalue weighted by Gasteiger charge is 2.22. The summed E-state index contributed by atoms with van der Waals surface area (Å²) in [7, 11) is 0. The number of hydrogen-bond donors (Lipinski definition) is 1. The van der Waals surface area contributed by atoms with Gasteiger partial charge in [-0.25, -0.2) is 4.79 Å². The van der Waals surface area contributed by atoms with Crippen LogP contribution in [0.2, 0.25) is 0 Å². The smallest absolute Gasteiger partial charge is 0.374 e. The number of esters is 1. The summed E-state index contributed by atoms with van der Waals surface area (Å²) in [6.07, 6.45) is 0.455. The second-order valence-electron chi connectivity index (χ2n) is 5.71. The van der Waals surface area contributed by atoms with Crippen molar-refractivity contribution in [2.24, 2.45) is 0 Å². The summed E-state index contributed by atoms with van der Waals surface area (Å²) < 4.78 is 10.1. The lowest BCUT2D eigenvalue weighted by Crippen LogP contribution is -2.30. The van der Waals surface area contributed by atoms with Gasteiger partial charge in [-0.05, 0) is 43.0 Å². The Bertz CT molecular complexity index is 689. The fourth-order valence-electron chi connectivity index (χ4n) is 2.23. The van der Waals surface area contributed by atoms with Crippen LogP contribution in [0.5, 0.6) is 0 Å². The lowest BCUT2D eigenvalue weighted by molar-refractivity contribution is -0.123. The number of rotatable bonds is 5. The summed E-state index contributed by atoms with van der Waals surface area (Å²) in [4.78, 5) is 24.1. The molecule has 0 saturated carbocycles. The zero-order chi connectivity index (χ0) is 17.0. The minimum absolute atomic E-state index is 0.0726. The molecule has 0 bridgehead atoms. The van der Waals surface area contributed by atoms with Crippen molar-refractivity contribution in [3.8, 4) is 0 Å². The Balaban J connectivity index is 2.08. The summed E-state index contributed by atoms with van der Waals surface area (Å²) in [5.41, 5.74) is 2.78. The van der Waals surface area contributed by atoms with Gasteiger partial charge < -0.3 is 14.5 Å². The quantitative estimate of drug-likeness (QED) is 0.850. The van der Waals surface area contributed by atoms with E-state index >= 15 is 0 Å². The minimum Gasteiger partial charge on any atom is -0.457 e. The van der Waals surface area contributed by atoms with Crippen LogP contribution in [-0.4, -0.2) is 18.0 Å². The number of furan rings is 1. The number of para-hydroxylation sites is 1. The number of ether oxygens (including phenoxy) is 1. The molecule has 2 aromatic rings. The highest BCUT2D eigenvalue weighted by Crippen LogP contribution is 2.27. The molecule has 0 unspecified atom stereocenters. The molecule has 5 nitrogen and oxygen atoms in total. The average molecular weight is 315 g/mol. The summed E-state index contributed by atoms with van der Waals surface area (Å²) >= 11 is 0. The van der Waals surface area contributed by atoms with E-state index in [4.69, 9.17) is 9.15 Å². The maximum absolute atomic E-state index is 12.3. The third kappa shape index (κ3) is 4.00. The van der Waals surface area contributed by atoms with Crippen molar-refractivity contribution in [2.75, 3.05) is 5.32 Å². The van der Waals surface area contributed by atoms with E-state index in [0.717, 1.165) is 16.8 Å². The Labute approximate surface area is 135 Å². The lowest BCUT2D eigenvalue weighted by atomic mass is 9.98. The van der Waals surface area contributed by atoms with E-state index in [1.807, 2.05) is 25.1 Å². The second-order valence-corrected chi connectivity index (χ2v) is 5.71. The molecule has 122 valence electrons. The van der Waals surface area contributed by atoms with E-state index < -0.39 is 12.1 Å². The van der Waals surface area contributed by atoms with Crippen LogP contribution in [0.15, 0.2) is 41.0 Å². The van der Waals surface area contributed by atoms with Crippen LogP contribution in [-0.2, 0) is 9.53 Å². The van der Waals surface area contributed by atoms with Gasteiger partial charge in [0.2, 0.25) is 5.76 Å². The molecule has 0 aliphatic heterocycles. The molecule has 0 saturated heterocycles. The van der Waals surface area contributed by atoms with E-state index in [0.29, 0.717) is 0 Å². The first-order valence-corrected chi connectivity index (χ1v) is 7.55. The van der Waals surface area contributed by atoms with Crippen LogP contribution < -0.4 is 5.32 Å². The summed E-state index contributed by atoms with van der Waals surface area (Å²) in [5, 5.41) is 2.86. The molecular formula is C18H21NO4. The third-order valence-electron chi connectivity index (χ3n) is 3.55. The zero-order valence-corrected chi connectivity index (χ0v) is 13.8. The Morgan fingerprint density at radius 2 is 1.87 bits per heavy atom. The van der Waals surface area contributed by atoms with Crippen LogP contribution in [0.3, 0.4) is 0 Å². The molecule has 0 aliphatic rings. The molecule has 0 fully saturated rings. The number of amides is 1. The van der Waals surface area contributed by atoms with Gasteiger partial charge in [0.15, 0.2) is 6.10 Å². The first-order valence-electron chi connectivity index (χ1n) is 7.55. The highest BCUT2D eigenvalue weighted by molar-refractivity contribution is 5.97. The van der Waals surface area contributed by atoms with E-state index in [1.165, 1.54) is 19.3 Å². The summed E-state index contributed by atoms with van der Waals surface area (Å²) in [6, 6.07) is 8.95. The highest BCUT2D eigenvalue weighted by atomic mass is 16.6. The maximum Gasteiger partial charge on any atom is 0.374 e. The van der Waals surface area contributed by atoms with E-state index in [-0.39, 0.29) is 17.6 Å². The van der Waals surface area contributed by atoms with Gasteiger partial charge in [-0.3, -0.25) is 4.79 Å². The van der Waals surface area contributed by atoms with Crippen molar-refractivity contribution in [1.29, 1.82) is 0 Å². The maximum atomic E-state index is 12.3. The summed E-state index contributed by atoms with van der Waals surface area (Å²) in [5.74, 6) is -0.692. The third-order valence-corrected chi connectivity index (χ3v) is 3.55. The van der Waals surface area contributed by atoms with Crippen molar-refractivity contribution < 1.29 is 18.7 Å². The molecule has 2 rings (SSSR count). The summed E-state index contributed by atoms with van der Waals surface area (Å²) in [6.45, 7) is 7.58. The number of nitrogens with one attached hydrogen (secondary N) is 1. The molecule has 0 spiro atoms. The van der Waals surface area contributed by atoms with Crippen LogP contribution in [0.4, 0.5) is 5.69 Å². The van der Waals surface area contributed by atoms with Crippen molar-refractivity contribution in [3.05, 3.63) is 53.5 Å². The van der Waals surface area contributed by atoms with Gasteiger partial charge in [0.1, 0.15) is 0 Å². The van der Waals surface area contributed by atoms with Crippen molar-refractivity contribution in [2.45, 2.75) is 39.7 Å². The largest absolute Gasteiger partial charge is 0.457 e. The SMILES string of the molecule is Cc1cccc(C(C)C)c1NC(=O)[C@H](C)OC(=O)c1ccco1. The van der Waals surface area contributed by atoms with E-state index in [1.54, 1.807) is 6.07 Å². The Morgan fingerprint density at radius 1 is 1.13 bits per heavy atom. The molecule has 1 aromatic carbocycles. The normalized spacial score (nSPS) is 12.0. The lowest BCUT2D eigenvalue weighted by Gasteiger charge is -2.18. The molecular weight excluding hydrogens is 294 g/mol. The first kappa shape index (κ1) is 16.8. The number of carbonyl (C=O) groups excluding carboxylic acids is 2. The predicted molar refractivity (Wildman–Crippen MR) is 87.5 cm³/mol. The van der Waals surface area contributed by atoms with Gasteiger partial charge in [0, 0.05) is 5.69 Å². The Hall–Kier alpha value is -2.56. The average Bonchev–Trinajstić information content (AvgIpc) is 3.03. The molecule has 23 heavy (non-hydrogen) atoms. The molecule has 5 heteroatoms. The van der Waals surface area contributed by atoms with Gasteiger partial charge in [-0.15, -0.1) is 0 Å². The predicted octanol–water partition coefficient (Wildman–Crippen LogP) is 3.90. The number of hydrogen-bond acceptors (Lipinski definition) is 4. The Kier molecular flexibility index (Phi) is 5.21. The zero-order valence-electron chi connectivity index (χ0n) is 13.8. The van der Waals surface area contributed by atoms with E-state index in [9.17, 15) is 9.59 Å². The standard InChI is InChI=1S/C18H21NO4/c1-11(2)14-8-5-7-12(3)16(14)19-17(20)13(4)23-18(21)15-9-6-10-22-15/h5-11,13H,1-4H3,(H,19,20)/t13-/m0/s1. The number of carbonyl (C=O) groups is 2. The number of anilines is 1. The first-order chi connectivity index (χ1) is 10.9. The van der Waals surface area contributed by atoms with Crippen molar-refractivity contribution >= 4 is 17.6 Å². The topological polar surface area (TPSA) is 68.5 Å². The van der Waals surface area contributed by atoms with Crippen LogP contribution in [0, 0.1) is 6.92 Å². The molecule has 1 amide bonds. The minimum atomic E-state index is -0.924. The van der Waals surface area contributed by atoms with Gasteiger partial charge in [-0.2, -0.15) is 0 Å². The van der Waals surface area contributed by atoms with Gasteiger partial charge in [0.05, 0.1) is 6.26 Å². The van der Waals surface area contributed by atoms with Crippen LogP contribution >= 0.6 is 0 Å². The van der Waals surface area contributed by atoms with Gasteiger partial charge >= 0.3 is 5.97 Å². The van der Waals surface area contributed by atoms with E-state index in [2.05, 4.69) is 19.2 Å². The molecule has 1 heterocycles. The van der Waals surface area contributed by atoms with Crippen molar-refractivity contribution in [1.82, 2.24) is 0 Å². The fourth-order valence-corrected chi connectivity index (χ4v) is 2.23. The Morgan fingerprint density at radius 3 is 2.48 bits per heavy atom. The number of benzene rings is 1. The van der Waals surface area contributed by atoms with Crippen LogP contribution in [0.25, 0.3) is 0 Å². The molecule has 0 aliphatic carbocycles. The molecule has 1 N–H and O–H groups in total.